The summed E-state index contributed by atoms with van der Waals surface area (Å²) in [4.78, 5) is 6.85. The molecule has 0 saturated heterocycles. The van der Waals surface area contributed by atoms with E-state index in [-0.39, 0.29) is 30.0 Å². The van der Waals surface area contributed by atoms with Gasteiger partial charge in [-0.25, -0.2) is 4.99 Å². The van der Waals surface area contributed by atoms with Crippen molar-refractivity contribution in [3.05, 3.63) is 41.3 Å². The van der Waals surface area contributed by atoms with E-state index < -0.39 is 0 Å². The maximum atomic E-state index is 5.51. The molecule has 33 heavy (non-hydrogen) atoms. The molecule has 1 atom stereocenters. The van der Waals surface area contributed by atoms with Gasteiger partial charge in [-0.3, -0.25) is 0 Å². The third-order valence-corrected chi connectivity index (χ3v) is 5.60. The zero-order chi connectivity index (χ0) is 23.5. The van der Waals surface area contributed by atoms with Gasteiger partial charge in [0.25, 0.3) is 0 Å². The summed E-state index contributed by atoms with van der Waals surface area (Å²) in [5.41, 5.74) is 2.14. The minimum absolute atomic E-state index is 0. The Hall–Kier alpha value is -2.01. The third kappa shape index (κ3) is 8.37. The summed E-state index contributed by atoms with van der Waals surface area (Å²) >= 11 is 0. The number of likely N-dealkylation sites (N-methyl/N-ethyl adjacent to an activating group) is 1. The lowest BCUT2D eigenvalue weighted by molar-refractivity contribution is 0.295. The maximum absolute atomic E-state index is 5.51. The summed E-state index contributed by atoms with van der Waals surface area (Å²) in [6, 6.07) is 8.15. The van der Waals surface area contributed by atoms with E-state index in [0.717, 1.165) is 53.9 Å². The number of guanidine groups is 1. The molecule has 0 bridgehead atoms. The lowest BCUT2D eigenvalue weighted by atomic mass is 9.99. The van der Waals surface area contributed by atoms with Gasteiger partial charge in [0.05, 0.1) is 26.0 Å². The number of methoxy groups -OCH3 is 2. The summed E-state index contributed by atoms with van der Waals surface area (Å²) in [7, 11) is 7.41. The molecule has 0 aliphatic carbocycles. The summed E-state index contributed by atoms with van der Waals surface area (Å²) in [5.74, 6) is 3.38. The molecule has 8 nitrogen and oxygen atoms in total. The molecule has 0 aliphatic heterocycles. The third-order valence-electron chi connectivity index (χ3n) is 5.60. The molecule has 2 N–H and O–H groups in total. The van der Waals surface area contributed by atoms with E-state index in [0.29, 0.717) is 19.0 Å². The molecule has 2 aromatic rings. The van der Waals surface area contributed by atoms with Crippen molar-refractivity contribution in [2.24, 2.45) is 4.99 Å². The van der Waals surface area contributed by atoms with Crippen molar-refractivity contribution in [3.63, 3.8) is 0 Å². The Morgan fingerprint density at radius 2 is 1.76 bits per heavy atom. The number of aliphatic imine (C=N–C) groups is 1. The second-order valence-electron chi connectivity index (χ2n) is 7.90. The molecule has 2 rings (SSSR count). The number of halogens is 1. The largest absolute Gasteiger partial charge is 0.493 e. The molecule has 0 spiro atoms. The van der Waals surface area contributed by atoms with Gasteiger partial charge in [-0.2, -0.15) is 0 Å². The summed E-state index contributed by atoms with van der Waals surface area (Å²) < 4.78 is 16.4. The first kappa shape index (κ1) is 29.0. The van der Waals surface area contributed by atoms with Crippen LogP contribution in [0.5, 0.6) is 11.5 Å². The summed E-state index contributed by atoms with van der Waals surface area (Å²) in [6.07, 6.45) is 2.11. The number of benzene rings is 1. The van der Waals surface area contributed by atoms with Gasteiger partial charge >= 0.3 is 0 Å². The average Bonchev–Trinajstić information content (AvgIpc) is 3.26. The van der Waals surface area contributed by atoms with Gasteiger partial charge in [0.15, 0.2) is 23.2 Å². The Bertz CT molecular complexity index is 852. The Kier molecular flexibility index (Phi) is 13.2. The minimum Gasteiger partial charge on any atom is -0.493 e. The van der Waals surface area contributed by atoms with Crippen LogP contribution in [0.2, 0.25) is 0 Å². The SMILES string of the molecule is CCNC(=NCc1cc(C(CC)CC)no1)NCC(c1ccc(OC)c(OC)c1)N(C)C.I. The molecule has 1 heterocycles. The smallest absolute Gasteiger partial charge is 0.191 e. The number of ether oxygens (including phenoxy) is 2. The van der Waals surface area contributed by atoms with Gasteiger partial charge < -0.3 is 29.5 Å². The summed E-state index contributed by atoms with van der Waals surface area (Å²) in [6.45, 7) is 8.27. The highest BCUT2D eigenvalue weighted by atomic mass is 127. The first-order chi connectivity index (χ1) is 15.5. The molecule has 0 amide bonds. The van der Waals surface area contributed by atoms with Gasteiger partial charge in [0.2, 0.25) is 0 Å². The van der Waals surface area contributed by atoms with Crippen molar-refractivity contribution in [3.8, 4) is 11.5 Å². The quantitative estimate of drug-likeness (QED) is 0.219. The molecule has 1 aromatic heterocycles. The fraction of sp³-hybridized carbons (Fsp3) is 0.583. The zero-order valence-corrected chi connectivity index (χ0v) is 23.3. The number of nitrogens with one attached hydrogen (secondary N) is 2. The fourth-order valence-corrected chi connectivity index (χ4v) is 3.65. The van der Waals surface area contributed by atoms with Crippen molar-refractivity contribution in [1.82, 2.24) is 20.7 Å². The molecule has 186 valence electrons. The van der Waals surface area contributed by atoms with Crippen LogP contribution in [0, 0.1) is 0 Å². The minimum atomic E-state index is 0. The van der Waals surface area contributed by atoms with Crippen LogP contribution in [0.3, 0.4) is 0 Å². The first-order valence-electron chi connectivity index (χ1n) is 11.3. The lowest BCUT2D eigenvalue weighted by Gasteiger charge is -2.26. The fourth-order valence-electron chi connectivity index (χ4n) is 3.65. The van der Waals surface area contributed by atoms with Crippen LogP contribution in [-0.2, 0) is 6.54 Å². The normalized spacial score (nSPS) is 12.5. The topological polar surface area (TPSA) is 84.2 Å². The molecule has 0 saturated carbocycles. The Labute approximate surface area is 215 Å². The second-order valence-corrected chi connectivity index (χ2v) is 7.90. The van der Waals surface area contributed by atoms with Gasteiger partial charge in [0, 0.05) is 25.1 Å². The van der Waals surface area contributed by atoms with Crippen LogP contribution in [0.4, 0.5) is 0 Å². The number of aromatic nitrogens is 1. The van der Waals surface area contributed by atoms with Crippen LogP contribution >= 0.6 is 24.0 Å². The highest BCUT2D eigenvalue weighted by Crippen LogP contribution is 2.31. The molecule has 1 unspecified atom stereocenters. The van der Waals surface area contributed by atoms with Crippen LogP contribution in [-0.4, -0.2) is 57.4 Å². The first-order valence-corrected chi connectivity index (χ1v) is 11.3. The summed E-state index contributed by atoms with van der Waals surface area (Å²) in [5, 5.41) is 11.0. The predicted molar refractivity (Wildman–Crippen MR) is 144 cm³/mol. The highest BCUT2D eigenvalue weighted by molar-refractivity contribution is 14.0. The maximum Gasteiger partial charge on any atom is 0.191 e. The van der Waals surface area contributed by atoms with E-state index in [1.54, 1.807) is 14.2 Å². The molecular weight excluding hydrogens is 533 g/mol. The van der Waals surface area contributed by atoms with Gasteiger partial charge in [-0.1, -0.05) is 25.1 Å². The van der Waals surface area contributed by atoms with Crippen molar-refractivity contribution in [2.45, 2.75) is 52.1 Å². The number of rotatable bonds is 12. The number of hydrogen-bond donors (Lipinski definition) is 2. The Morgan fingerprint density at radius 1 is 1.06 bits per heavy atom. The molecular formula is C24H40IN5O3. The van der Waals surface area contributed by atoms with E-state index in [4.69, 9.17) is 19.0 Å². The van der Waals surface area contributed by atoms with E-state index in [9.17, 15) is 0 Å². The molecule has 0 aliphatic rings. The van der Waals surface area contributed by atoms with E-state index in [1.165, 1.54) is 0 Å². The monoisotopic (exact) mass is 573 g/mol. The number of hydrogen-bond acceptors (Lipinski definition) is 6. The van der Waals surface area contributed by atoms with Crippen LogP contribution in [0.15, 0.2) is 33.8 Å². The Morgan fingerprint density at radius 3 is 2.33 bits per heavy atom. The average molecular weight is 574 g/mol. The number of nitrogens with zero attached hydrogens (tertiary/aromatic N) is 3. The Balaban J connectivity index is 0.00000544. The molecule has 0 radical (unpaired) electrons. The molecule has 9 heteroatoms. The van der Waals surface area contributed by atoms with Crippen LogP contribution in [0.1, 0.15) is 62.6 Å². The van der Waals surface area contributed by atoms with Crippen molar-refractivity contribution in [1.29, 1.82) is 0 Å². The van der Waals surface area contributed by atoms with Crippen molar-refractivity contribution in [2.75, 3.05) is 41.4 Å². The standard InChI is InChI=1S/C24H39N5O3.HI/c1-8-17(9-2)20-14-19(32-28-20)15-26-24(25-10-3)27-16-21(29(4)5)18-11-12-22(30-6)23(13-18)31-7;/h11-14,17,21H,8-10,15-16H2,1-7H3,(H2,25,26,27);1H. The lowest BCUT2D eigenvalue weighted by Crippen LogP contribution is -2.41. The zero-order valence-electron chi connectivity index (χ0n) is 21.0. The van der Waals surface area contributed by atoms with E-state index >= 15 is 0 Å². The van der Waals surface area contributed by atoms with Crippen LogP contribution < -0.4 is 20.1 Å². The predicted octanol–water partition coefficient (Wildman–Crippen LogP) is 4.57. The van der Waals surface area contributed by atoms with E-state index in [1.807, 2.05) is 18.2 Å². The van der Waals surface area contributed by atoms with Gasteiger partial charge in [-0.05, 0) is 51.6 Å². The van der Waals surface area contributed by atoms with Gasteiger partial charge in [0.1, 0.15) is 6.54 Å². The van der Waals surface area contributed by atoms with E-state index in [2.05, 4.69) is 61.6 Å². The molecule has 0 fully saturated rings. The molecule has 1 aromatic carbocycles. The van der Waals surface area contributed by atoms with Crippen LogP contribution in [0.25, 0.3) is 0 Å². The highest BCUT2D eigenvalue weighted by Gasteiger charge is 2.18. The second kappa shape index (κ2) is 15.0. The van der Waals surface area contributed by atoms with Crippen molar-refractivity contribution < 1.29 is 14.0 Å². The van der Waals surface area contributed by atoms with Crippen molar-refractivity contribution >= 4 is 29.9 Å². The van der Waals surface area contributed by atoms with Gasteiger partial charge in [-0.15, -0.1) is 24.0 Å².